The number of hydrogen-bond donors (Lipinski definition) is 2. The molecule has 0 bridgehead atoms. The molecule has 0 atom stereocenters. The summed E-state index contributed by atoms with van der Waals surface area (Å²) < 4.78 is 27.2. The minimum atomic E-state index is -3.66. The average Bonchev–Trinajstić information content (AvgIpc) is 2.73. The van der Waals surface area contributed by atoms with Gasteiger partial charge >= 0.3 is 0 Å². The number of amides is 1. The predicted molar refractivity (Wildman–Crippen MR) is 107 cm³/mol. The van der Waals surface area contributed by atoms with Gasteiger partial charge in [-0.05, 0) is 54.1 Å². The van der Waals surface area contributed by atoms with Crippen LogP contribution in [0.15, 0.2) is 78.0 Å². The maximum absolute atomic E-state index is 12.4. The number of nitrogens with zero attached hydrogens (tertiary/aromatic N) is 1. The molecule has 3 rings (SSSR count). The highest BCUT2D eigenvalue weighted by atomic mass is 32.2. The van der Waals surface area contributed by atoms with E-state index in [2.05, 4.69) is 20.9 Å². The lowest BCUT2D eigenvalue weighted by atomic mass is 10.1. The van der Waals surface area contributed by atoms with Gasteiger partial charge in [0.15, 0.2) is 0 Å². The first-order chi connectivity index (χ1) is 13.5. The van der Waals surface area contributed by atoms with Crippen molar-refractivity contribution in [1.82, 2.24) is 9.71 Å². The van der Waals surface area contributed by atoms with Crippen LogP contribution in [0.3, 0.4) is 0 Å². The SMILES string of the molecule is C#Cc1ccc(S(=O)(=O)NCc2ccc(C(=O)Nc3cccnc3)cc2)cc1. The molecule has 2 N–H and O–H groups in total. The second kappa shape index (κ2) is 8.48. The fourth-order valence-electron chi connectivity index (χ4n) is 2.41. The van der Waals surface area contributed by atoms with Crippen molar-refractivity contribution in [2.75, 3.05) is 5.32 Å². The van der Waals surface area contributed by atoms with Gasteiger partial charge in [-0.2, -0.15) is 0 Å². The van der Waals surface area contributed by atoms with E-state index in [9.17, 15) is 13.2 Å². The van der Waals surface area contributed by atoms with Gasteiger partial charge in [-0.3, -0.25) is 9.78 Å². The van der Waals surface area contributed by atoms with Crippen molar-refractivity contribution < 1.29 is 13.2 Å². The molecule has 140 valence electrons. The van der Waals surface area contributed by atoms with Crippen LogP contribution < -0.4 is 10.0 Å². The molecule has 1 aromatic heterocycles. The van der Waals surface area contributed by atoms with Gasteiger partial charge in [0.1, 0.15) is 0 Å². The Hall–Kier alpha value is -3.47. The Balaban J connectivity index is 1.62. The second-order valence-corrected chi connectivity index (χ2v) is 7.65. The first-order valence-electron chi connectivity index (χ1n) is 8.34. The first-order valence-corrected chi connectivity index (χ1v) is 9.83. The number of sulfonamides is 1. The summed E-state index contributed by atoms with van der Waals surface area (Å²) in [5.41, 5.74) is 2.39. The molecule has 0 aliphatic heterocycles. The molecule has 1 amide bonds. The van der Waals surface area contributed by atoms with Gasteiger partial charge in [-0.25, -0.2) is 13.1 Å². The summed E-state index contributed by atoms with van der Waals surface area (Å²) in [5, 5.41) is 2.74. The van der Waals surface area contributed by atoms with Gasteiger partial charge in [-0.15, -0.1) is 6.42 Å². The Bertz CT molecular complexity index is 1100. The van der Waals surface area contributed by atoms with E-state index in [1.165, 1.54) is 12.1 Å². The number of nitrogens with one attached hydrogen (secondary N) is 2. The summed E-state index contributed by atoms with van der Waals surface area (Å²) >= 11 is 0. The number of carbonyl (C=O) groups excluding carboxylic acids is 1. The molecular formula is C21H17N3O3S. The molecule has 0 fully saturated rings. The van der Waals surface area contributed by atoms with Gasteiger partial charge in [0.25, 0.3) is 5.91 Å². The summed E-state index contributed by atoms with van der Waals surface area (Å²) in [5.74, 6) is 2.17. The third-order valence-electron chi connectivity index (χ3n) is 3.93. The zero-order chi connectivity index (χ0) is 20.0. The Morgan fingerprint density at radius 1 is 1.04 bits per heavy atom. The van der Waals surface area contributed by atoms with Crippen LogP contribution in [0.4, 0.5) is 5.69 Å². The topological polar surface area (TPSA) is 88.2 Å². The van der Waals surface area contributed by atoms with Crippen molar-refractivity contribution in [3.63, 3.8) is 0 Å². The van der Waals surface area contributed by atoms with Crippen LogP contribution >= 0.6 is 0 Å². The molecule has 7 heteroatoms. The molecule has 1 heterocycles. The van der Waals surface area contributed by atoms with E-state index in [0.717, 1.165) is 5.56 Å². The molecule has 0 unspecified atom stereocenters. The molecule has 28 heavy (non-hydrogen) atoms. The monoisotopic (exact) mass is 391 g/mol. The molecule has 2 aromatic carbocycles. The van der Waals surface area contributed by atoms with Crippen molar-refractivity contribution in [3.8, 4) is 12.3 Å². The van der Waals surface area contributed by atoms with Crippen LogP contribution in [0.2, 0.25) is 0 Å². The maximum atomic E-state index is 12.4. The average molecular weight is 391 g/mol. The molecule has 3 aromatic rings. The Labute approximate surface area is 163 Å². The molecule has 6 nitrogen and oxygen atoms in total. The van der Waals surface area contributed by atoms with Crippen molar-refractivity contribution in [2.24, 2.45) is 0 Å². The van der Waals surface area contributed by atoms with Crippen molar-refractivity contribution >= 4 is 21.6 Å². The Morgan fingerprint density at radius 3 is 2.36 bits per heavy atom. The largest absolute Gasteiger partial charge is 0.321 e. The zero-order valence-corrected chi connectivity index (χ0v) is 15.6. The van der Waals surface area contributed by atoms with E-state index < -0.39 is 10.0 Å². The number of hydrogen-bond acceptors (Lipinski definition) is 4. The molecule has 0 spiro atoms. The maximum Gasteiger partial charge on any atom is 0.255 e. The lowest BCUT2D eigenvalue weighted by Crippen LogP contribution is -2.23. The highest BCUT2D eigenvalue weighted by Crippen LogP contribution is 2.12. The molecule has 0 radical (unpaired) electrons. The highest BCUT2D eigenvalue weighted by Gasteiger charge is 2.13. The van der Waals surface area contributed by atoms with Crippen molar-refractivity contribution in [2.45, 2.75) is 11.4 Å². The van der Waals surface area contributed by atoms with E-state index in [-0.39, 0.29) is 17.3 Å². The second-order valence-electron chi connectivity index (χ2n) is 5.89. The lowest BCUT2D eigenvalue weighted by Gasteiger charge is -2.08. The van der Waals surface area contributed by atoms with Crippen LogP contribution in [-0.4, -0.2) is 19.3 Å². The lowest BCUT2D eigenvalue weighted by molar-refractivity contribution is 0.102. The quantitative estimate of drug-likeness (QED) is 0.633. The number of rotatable bonds is 6. The third kappa shape index (κ3) is 4.82. The highest BCUT2D eigenvalue weighted by molar-refractivity contribution is 7.89. The van der Waals surface area contributed by atoms with Gasteiger partial charge in [0, 0.05) is 23.9 Å². The van der Waals surface area contributed by atoms with Crippen LogP contribution in [0.5, 0.6) is 0 Å². The molecule has 0 saturated carbocycles. The van der Waals surface area contributed by atoms with Crippen LogP contribution in [0, 0.1) is 12.3 Å². The van der Waals surface area contributed by atoms with Gasteiger partial charge < -0.3 is 5.32 Å². The van der Waals surface area contributed by atoms with Crippen LogP contribution in [0.1, 0.15) is 21.5 Å². The minimum absolute atomic E-state index is 0.101. The number of terminal acetylenes is 1. The molecule has 0 aliphatic carbocycles. The number of carbonyl (C=O) groups is 1. The summed E-state index contributed by atoms with van der Waals surface area (Å²) in [6, 6.07) is 16.2. The Kier molecular flexibility index (Phi) is 5.84. The van der Waals surface area contributed by atoms with Gasteiger partial charge in [0.05, 0.1) is 16.8 Å². The van der Waals surface area contributed by atoms with E-state index in [1.54, 1.807) is 60.9 Å². The van der Waals surface area contributed by atoms with Crippen LogP contribution in [-0.2, 0) is 16.6 Å². The smallest absolute Gasteiger partial charge is 0.255 e. The zero-order valence-electron chi connectivity index (χ0n) is 14.8. The van der Waals surface area contributed by atoms with Crippen LogP contribution in [0.25, 0.3) is 0 Å². The third-order valence-corrected chi connectivity index (χ3v) is 5.35. The number of anilines is 1. The fraction of sp³-hybridized carbons (Fsp3) is 0.0476. The molecular weight excluding hydrogens is 374 g/mol. The van der Waals surface area contributed by atoms with E-state index >= 15 is 0 Å². The standard InChI is InChI=1S/C21H17N3O3S/c1-2-16-7-11-20(12-8-16)28(26,27)23-14-17-5-9-18(10-6-17)21(25)24-19-4-3-13-22-15-19/h1,3-13,15,23H,14H2,(H,24,25). The normalized spacial score (nSPS) is 10.8. The van der Waals surface area contributed by atoms with E-state index in [0.29, 0.717) is 16.8 Å². The summed E-state index contributed by atoms with van der Waals surface area (Å²) in [7, 11) is -3.66. The van der Waals surface area contributed by atoms with Gasteiger partial charge in [-0.1, -0.05) is 18.1 Å². The summed E-state index contributed by atoms with van der Waals surface area (Å²) in [6.45, 7) is 0.101. The number of pyridine rings is 1. The van der Waals surface area contributed by atoms with Gasteiger partial charge in [0.2, 0.25) is 10.0 Å². The molecule has 0 aliphatic rings. The van der Waals surface area contributed by atoms with E-state index in [4.69, 9.17) is 6.42 Å². The molecule has 0 saturated heterocycles. The Morgan fingerprint density at radius 2 is 1.75 bits per heavy atom. The van der Waals surface area contributed by atoms with E-state index in [1.807, 2.05) is 0 Å². The fourth-order valence-corrected chi connectivity index (χ4v) is 3.42. The summed E-state index contributed by atoms with van der Waals surface area (Å²) in [4.78, 5) is 16.3. The number of aromatic nitrogens is 1. The van der Waals surface area contributed by atoms with Crippen molar-refractivity contribution in [1.29, 1.82) is 0 Å². The predicted octanol–water partition coefficient (Wildman–Crippen LogP) is 2.79. The summed E-state index contributed by atoms with van der Waals surface area (Å²) in [6.07, 6.45) is 8.45. The first kappa shape index (κ1) is 19.3. The number of benzene rings is 2. The minimum Gasteiger partial charge on any atom is -0.321 e. The van der Waals surface area contributed by atoms with Crippen molar-refractivity contribution in [3.05, 3.63) is 89.7 Å².